The number of carbonyl (C=O) groups excluding carboxylic acids is 2. The number of rotatable bonds is 12. The number of alkyl carbamates (subject to hydrolysis) is 1. The van der Waals surface area contributed by atoms with Gasteiger partial charge in [0.05, 0.1) is 38.3 Å². The van der Waals surface area contributed by atoms with Crippen molar-refractivity contribution in [2.45, 2.75) is 52.5 Å². The summed E-state index contributed by atoms with van der Waals surface area (Å²) in [6.45, 7) is 11.6. The quantitative estimate of drug-likeness (QED) is 0.302. The predicted molar refractivity (Wildman–Crippen MR) is 136 cm³/mol. The van der Waals surface area contributed by atoms with Crippen LogP contribution in [0.1, 0.15) is 46.1 Å². The lowest BCUT2D eigenvalue weighted by molar-refractivity contribution is -0.154. The lowest BCUT2D eigenvalue weighted by atomic mass is 9.77. The van der Waals surface area contributed by atoms with Crippen LogP contribution in [0.4, 0.5) is 4.79 Å². The van der Waals surface area contributed by atoms with E-state index in [0.717, 1.165) is 42.8 Å². The number of methoxy groups -OCH3 is 2. The summed E-state index contributed by atoms with van der Waals surface area (Å²) in [7, 11) is 3.16. The highest BCUT2D eigenvalue weighted by atomic mass is 79.9. The maximum atomic E-state index is 12.4. The van der Waals surface area contributed by atoms with Crippen molar-refractivity contribution in [3.8, 4) is 11.5 Å². The minimum absolute atomic E-state index is 0.0640. The summed E-state index contributed by atoms with van der Waals surface area (Å²) in [5, 5.41) is 2.65. The second-order valence-corrected chi connectivity index (χ2v) is 10.8. The summed E-state index contributed by atoms with van der Waals surface area (Å²) in [4.78, 5) is 26.8. The van der Waals surface area contributed by atoms with Crippen LogP contribution in [0.25, 0.3) is 0 Å². The van der Waals surface area contributed by atoms with Gasteiger partial charge in [0.15, 0.2) is 0 Å². The zero-order valence-electron chi connectivity index (χ0n) is 21.7. The van der Waals surface area contributed by atoms with E-state index in [1.54, 1.807) is 14.2 Å². The molecule has 1 aromatic rings. The topological polar surface area (TPSA) is 95.6 Å². The van der Waals surface area contributed by atoms with Gasteiger partial charge in [0, 0.05) is 25.2 Å². The van der Waals surface area contributed by atoms with E-state index in [0.29, 0.717) is 24.5 Å². The Morgan fingerprint density at radius 1 is 1.06 bits per heavy atom. The third-order valence-corrected chi connectivity index (χ3v) is 6.65. The Balaban J connectivity index is 1.71. The Hall–Kier alpha value is -2.04. The fourth-order valence-electron chi connectivity index (χ4n) is 4.57. The number of esters is 1. The lowest BCUT2D eigenvalue weighted by Crippen LogP contribution is -2.51. The minimum atomic E-state index is -0.659. The number of hydrogen-bond donors (Lipinski definition) is 1. The highest BCUT2D eigenvalue weighted by molar-refractivity contribution is 9.10. The molecule has 1 heterocycles. The molecule has 0 unspecified atom stereocenters. The lowest BCUT2D eigenvalue weighted by Gasteiger charge is -2.44. The molecule has 1 fully saturated rings. The number of benzene rings is 1. The van der Waals surface area contributed by atoms with Gasteiger partial charge >= 0.3 is 12.1 Å². The monoisotopic (exact) mass is 558 g/mol. The summed E-state index contributed by atoms with van der Waals surface area (Å²) in [6.07, 6.45) is 0.903. The van der Waals surface area contributed by atoms with Crippen LogP contribution in [0.2, 0.25) is 0 Å². The fourth-order valence-corrected chi connectivity index (χ4v) is 5.06. The Morgan fingerprint density at radius 2 is 1.71 bits per heavy atom. The third-order valence-electron chi connectivity index (χ3n) is 6.03. The zero-order chi connectivity index (χ0) is 26.1. The average molecular weight is 559 g/mol. The summed E-state index contributed by atoms with van der Waals surface area (Å²) in [5.41, 5.74) is 0.541. The predicted octanol–water partition coefficient (Wildman–Crippen LogP) is 4.15. The number of nitrogens with zero attached hydrogens (tertiary/aromatic N) is 1. The summed E-state index contributed by atoms with van der Waals surface area (Å²) < 4.78 is 27.1. The first-order chi connectivity index (χ1) is 16.5. The van der Waals surface area contributed by atoms with Gasteiger partial charge in [-0.2, -0.15) is 0 Å². The smallest absolute Gasteiger partial charge is 0.410 e. The second kappa shape index (κ2) is 13.3. The highest BCUT2D eigenvalue weighted by Gasteiger charge is 2.35. The molecular weight excluding hydrogens is 520 g/mol. The van der Waals surface area contributed by atoms with Gasteiger partial charge in [-0.3, -0.25) is 9.69 Å². The maximum Gasteiger partial charge on any atom is 0.410 e. The van der Waals surface area contributed by atoms with Crippen molar-refractivity contribution in [2.75, 3.05) is 53.9 Å². The molecule has 2 rings (SSSR count). The van der Waals surface area contributed by atoms with Gasteiger partial charge in [0.1, 0.15) is 11.5 Å². The largest absolute Gasteiger partial charge is 0.496 e. The molecule has 198 valence electrons. The third kappa shape index (κ3) is 9.50. The summed E-state index contributed by atoms with van der Waals surface area (Å²) >= 11 is 3.42. The van der Waals surface area contributed by atoms with Gasteiger partial charge in [-0.05, 0) is 65.7 Å². The number of halogens is 1. The molecule has 0 aromatic heterocycles. The molecule has 1 aromatic carbocycles. The number of morpholine rings is 1. The summed E-state index contributed by atoms with van der Waals surface area (Å²) in [6, 6.07) is 3.66. The van der Waals surface area contributed by atoms with Crippen LogP contribution in [0.15, 0.2) is 16.6 Å². The molecule has 1 saturated heterocycles. The van der Waals surface area contributed by atoms with Crippen LogP contribution in [-0.4, -0.2) is 76.4 Å². The molecule has 0 radical (unpaired) electrons. The molecule has 0 atom stereocenters. The fraction of sp³-hybridized carbons (Fsp3) is 0.680. The van der Waals surface area contributed by atoms with E-state index in [1.165, 1.54) is 0 Å². The van der Waals surface area contributed by atoms with E-state index in [4.69, 9.17) is 23.7 Å². The molecule has 9 nitrogen and oxygen atoms in total. The average Bonchev–Trinajstić information content (AvgIpc) is 2.79. The van der Waals surface area contributed by atoms with Gasteiger partial charge in [-0.15, -0.1) is 0 Å². The van der Waals surface area contributed by atoms with Crippen LogP contribution < -0.4 is 14.8 Å². The van der Waals surface area contributed by atoms with Crippen LogP contribution in [0.3, 0.4) is 0 Å². The van der Waals surface area contributed by atoms with Gasteiger partial charge < -0.3 is 29.0 Å². The van der Waals surface area contributed by atoms with E-state index >= 15 is 0 Å². The standard InChI is InChI=1S/C25H39BrN2O7/c1-24(2,16-25(3,4)28-9-11-33-12-10-28)15-22(29)34-17-35-23(30)27-8-7-18-13-21(32-6)19(26)14-20(18)31-5/h13-14H,7-12,15-17H2,1-6H3,(H,27,30). The SMILES string of the molecule is COc1cc(CCNC(=O)OCOC(=O)CC(C)(C)CC(C)(C)N2CCOCC2)c(OC)cc1Br. The number of amides is 1. The normalized spacial score (nSPS) is 14.8. The first-order valence-corrected chi connectivity index (χ1v) is 12.6. The van der Waals surface area contributed by atoms with Gasteiger partial charge in [-0.25, -0.2) is 4.79 Å². The molecule has 35 heavy (non-hydrogen) atoms. The van der Waals surface area contributed by atoms with Crippen molar-refractivity contribution < 1.29 is 33.3 Å². The molecule has 1 N–H and O–H groups in total. The first kappa shape index (κ1) is 29.2. The number of ether oxygens (including phenoxy) is 5. The maximum absolute atomic E-state index is 12.4. The molecule has 1 aliphatic heterocycles. The molecule has 1 aliphatic rings. The zero-order valence-corrected chi connectivity index (χ0v) is 23.3. The van der Waals surface area contributed by atoms with Crippen molar-refractivity contribution in [1.82, 2.24) is 10.2 Å². The molecule has 1 amide bonds. The number of nitrogens with one attached hydrogen (secondary N) is 1. The molecular formula is C25H39BrN2O7. The van der Waals surface area contributed by atoms with Crippen molar-refractivity contribution in [2.24, 2.45) is 5.41 Å². The number of carbonyl (C=O) groups is 2. The van der Waals surface area contributed by atoms with Gasteiger partial charge in [0.25, 0.3) is 0 Å². The molecule has 0 saturated carbocycles. The number of hydrogen-bond acceptors (Lipinski definition) is 8. The molecule has 0 aliphatic carbocycles. The Morgan fingerprint density at radius 3 is 2.34 bits per heavy atom. The first-order valence-electron chi connectivity index (χ1n) is 11.8. The van der Waals surface area contributed by atoms with Crippen molar-refractivity contribution >= 4 is 28.0 Å². The Bertz CT molecular complexity index is 854. The second-order valence-electron chi connectivity index (χ2n) is 9.97. The molecule has 10 heteroatoms. The Labute approximate surface area is 216 Å². The van der Waals surface area contributed by atoms with Crippen molar-refractivity contribution in [3.05, 3.63) is 22.2 Å². The minimum Gasteiger partial charge on any atom is -0.496 e. The summed E-state index contributed by atoms with van der Waals surface area (Å²) in [5.74, 6) is 0.958. The van der Waals surface area contributed by atoms with E-state index in [9.17, 15) is 9.59 Å². The van der Waals surface area contributed by atoms with Crippen molar-refractivity contribution in [1.29, 1.82) is 0 Å². The molecule has 0 bridgehead atoms. The van der Waals surface area contributed by atoms with E-state index < -0.39 is 18.9 Å². The van der Waals surface area contributed by atoms with E-state index in [-0.39, 0.29) is 17.4 Å². The van der Waals surface area contributed by atoms with Gasteiger partial charge in [0.2, 0.25) is 6.79 Å². The van der Waals surface area contributed by atoms with E-state index in [1.807, 2.05) is 12.1 Å². The van der Waals surface area contributed by atoms with Crippen LogP contribution in [0.5, 0.6) is 11.5 Å². The highest BCUT2D eigenvalue weighted by Crippen LogP contribution is 2.35. The van der Waals surface area contributed by atoms with Crippen molar-refractivity contribution in [3.63, 3.8) is 0 Å². The van der Waals surface area contributed by atoms with Crippen LogP contribution in [0, 0.1) is 5.41 Å². The van der Waals surface area contributed by atoms with Gasteiger partial charge in [-0.1, -0.05) is 13.8 Å². The Kier molecular flexibility index (Phi) is 11.1. The molecule has 0 spiro atoms. The van der Waals surface area contributed by atoms with Crippen LogP contribution in [-0.2, 0) is 25.4 Å². The van der Waals surface area contributed by atoms with Crippen LogP contribution >= 0.6 is 15.9 Å². The van der Waals surface area contributed by atoms with E-state index in [2.05, 4.69) is 53.8 Å².